The van der Waals surface area contributed by atoms with E-state index in [0.717, 1.165) is 5.76 Å². The zero-order valence-electron chi connectivity index (χ0n) is 14.4. The second kappa shape index (κ2) is 7.40. The van der Waals surface area contributed by atoms with E-state index in [-0.39, 0.29) is 27.5 Å². The molecular weight excluding hydrogens is 380 g/mol. The molecule has 7 nitrogen and oxygen atoms in total. The molecule has 0 spiro atoms. The molecule has 1 atom stereocenters. The molecule has 26 heavy (non-hydrogen) atoms. The number of morpholine rings is 1. The zero-order chi connectivity index (χ0) is 18.9. The van der Waals surface area contributed by atoms with Crippen LogP contribution in [0.2, 0.25) is 5.02 Å². The lowest BCUT2D eigenvalue weighted by Gasteiger charge is -2.32. The van der Waals surface area contributed by atoms with Crippen LogP contribution in [0.3, 0.4) is 0 Å². The molecule has 140 valence electrons. The van der Waals surface area contributed by atoms with Crippen molar-refractivity contribution in [2.75, 3.05) is 26.7 Å². The zero-order valence-corrected chi connectivity index (χ0v) is 15.9. The van der Waals surface area contributed by atoms with Gasteiger partial charge in [-0.15, -0.1) is 0 Å². The van der Waals surface area contributed by atoms with Crippen LogP contribution >= 0.6 is 11.6 Å². The Morgan fingerprint density at radius 1 is 1.31 bits per heavy atom. The average molecular weight is 399 g/mol. The number of benzene rings is 1. The van der Waals surface area contributed by atoms with Gasteiger partial charge in [-0.3, -0.25) is 4.79 Å². The molecule has 1 aromatic carbocycles. The van der Waals surface area contributed by atoms with E-state index in [2.05, 4.69) is 4.72 Å². The van der Waals surface area contributed by atoms with Gasteiger partial charge in [-0.2, -0.15) is 0 Å². The van der Waals surface area contributed by atoms with Gasteiger partial charge in [0.25, 0.3) is 5.91 Å². The van der Waals surface area contributed by atoms with Gasteiger partial charge in [0.15, 0.2) is 0 Å². The molecule has 1 aliphatic rings. The Hall–Kier alpha value is -1.87. The minimum atomic E-state index is -3.67. The van der Waals surface area contributed by atoms with Gasteiger partial charge in [0.1, 0.15) is 17.6 Å². The molecule has 3 rings (SSSR count). The molecule has 0 unspecified atom stereocenters. The lowest BCUT2D eigenvalue weighted by atomic mass is 10.1. The summed E-state index contributed by atoms with van der Waals surface area (Å²) in [5, 5.41) is 0.196. The standard InChI is InChI=1S/C17H19ClN2O5S/c1-11-3-6-15(25-11)16-10-20(7-8-24-16)17(21)13-9-12(4-5-14(13)18)26(22,23)19-2/h3-6,9,16,19H,7-8,10H2,1-2H3/t16-/m0/s1. The van der Waals surface area contributed by atoms with Crippen molar-refractivity contribution in [1.82, 2.24) is 9.62 Å². The van der Waals surface area contributed by atoms with Crippen LogP contribution in [0.25, 0.3) is 0 Å². The molecule has 1 saturated heterocycles. The number of amides is 1. The first-order chi connectivity index (χ1) is 12.3. The largest absolute Gasteiger partial charge is 0.464 e. The number of aryl methyl sites for hydroxylation is 1. The number of nitrogens with zero attached hydrogens (tertiary/aromatic N) is 1. The van der Waals surface area contributed by atoms with Crippen LogP contribution in [-0.4, -0.2) is 46.0 Å². The Morgan fingerprint density at radius 2 is 2.08 bits per heavy atom. The molecular formula is C17H19ClN2O5S. The maximum absolute atomic E-state index is 12.9. The summed E-state index contributed by atoms with van der Waals surface area (Å²) in [5.74, 6) is 1.07. The number of nitrogens with one attached hydrogen (secondary N) is 1. The third-order valence-electron chi connectivity index (χ3n) is 4.18. The number of rotatable bonds is 4. The Balaban J connectivity index is 1.85. The molecule has 1 fully saturated rings. The summed E-state index contributed by atoms with van der Waals surface area (Å²) < 4.78 is 37.5. The third-order valence-corrected chi connectivity index (χ3v) is 5.92. The summed E-state index contributed by atoms with van der Waals surface area (Å²) in [5.41, 5.74) is 0.138. The fourth-order valence-corrected chi connectivity index (χ4v) is 3.71. The number of carbonyl (C=O) groups is 1. The van der Waals surface area contributed by atoms with E-state index >= 15 is 0 Å². The van der Waals surface area contributed by atoms with Gasteiger partial charge in [-0.05, 0) is 44.3 Å². The number of halogens is 1. The normalized spacial score (nSPS) is 18.1. The lowest BCUT2D eigenvalue weighted by Crippen LogP contribution is -2.42. The average Bonchev–Trinajstić information content (AvgIpc) is 3.08. The molecule has 0 aliphatic carbocycles. The second-order valence-corrected chi connectivity index (χ2v) is 8.20. The van der Waals surface area contributed by atoms with Gasteiger partial charge in [0.05, 0.1) is 28.6 Å². The fourth-order valence-electron chi connectivity index (χ4n) is 2.76. The van der Waals surface area contributed by atoms with E-state index in [1.54, 1.807) is 4.90 Å². The van der Waals surface area contributed by atoms with E-state index in [9.17, 15) is 13.2 Å². The van der Waals surface area contributed by atoms with Crippen LogP contribution in [0.5, 0.6) is 0 Å². The molecule has 0 bridgehead atoms. The number of sulfonamides is 1. The van der Waals surface area contributed by atoms with Crippen molar-refractivity contribution in [3.63, 3.8) is 0 Å². The van der Waals surface area contributed by atoms with Crippen LogP contribution < -0.4 is 4.72 Å². The van der Waals surface area contributed by atoms with Crippen molar-refractivity contribution >= 4 is 27.5 Å². The Labute approximate surface area is 156 Å². The molecule has 1 aliphatic heterocycles. The van der Waals surface area contributed by atoms with Crippen LogP contribution in [0, 0.1) is 6.92 Å². The number of hydrogen-bond acceptors (Lipinski definition) is 5. The van der Waals surface area contributed by atoms with Crippen molar-refractivity contribution in [2.45, 2.75) is 17.9 Å². The predicted octanol–water partition coefficient (Wildman–Crippen LogP) is 2.36. The maximum Gasteiger partial charge on any atom is 0.255 e. The first-order valence-electron chi connectivity index (χ1n) is 8.02. The van der Waals surface area contributed by atoms with Crippen molar-refractivity contribution < 1.29 is 22.4 Å². The van der Waals surface area contributed by atoms with Crippen LogP contribution in [0.15, 0.2) is 39.6 Å². The van der Waals surface area contributed by atoms with E-state index in [1.165, 1.54) is 25.2 Å². The summed E-state index contributed by atoms with van der Waals surface area (Å²) in [6.45, 7) is 2.87. The molecule has 1 aromatic heterocycles. The molecule has 0 saturated carbocycles. The summed E-state index contributed by atoms with van der Waals surface area (Å²) in [7, 11) is -2.36. The number of hydrogen-bond donors (Lipinski definition) is 1. The highest BCUT2D eigenvalue weighted by Crippen LogP contribution is 2.27. The van der Waals surface area contributed by atoms with Crippen LogP contribution in [0.1, 0.15) is 28.0 Å². The first kappa shape index (κ1) is 18.9. The monoisotopic (exact) mass is 398 g/mol. The quantitative estimate of drug-likeness (QED) is 0.854. The lowest BCUT2D eigenvalue weighted by molar-refractivity contribution is -0.0324. The summed E-state index contributed by atoms with van der Waals surface area (Å²) in [4.78, 5) is 14.5. The minimum Gasteiger partial charge on any atom is -0.464 e. The first-order valence-corrected chi connectivity index (χ1v) is 9.88. The van der Waals surface area contributed by atoms with E-state index in [1.807, 2.05) is 19.1 Å². The van der Waals surface area contributed by atoms with Crippen LogP contribution in [-0.2, 0) is 14.8 Å². The molecule has 1 N–H and O–H groups in total. The van der Waals surface area contributed by atoms with Gasteiger partial charge >= 0.3 is 0 Å². The highest BCUT2D eigenvalue weighted by atomic mass is 35.5. The van der Waals surface area contributed by atoms with Crippen molar-refractivity contribution in [1.29, 1.82) is 0 Å². The SMILES string of the molecule is CNS(=O)(=O)c1ccc(Cl)c(C(=O)N2CCO[C@H](c3ccc(C)o3)C2)c1. The summed E-state index contributed by atoms with van der Waals surface area (Å²) in [6.07, 6.45) is -0.371. The van der Waals surface area contributed by atoms with E-state index in [4.69, 9.17) is 20.8 Å². The van der Waals surface area contributed by atoms with Gasteiger partial charge in [-0.1, -0.05) is 11.6 Å². The Morgan fingerprint density at radius 3 is 2.73 bits per heavy atom. The van der Waals surface area contributed by atoms with Crippen LogP contribution in [0.4, 0.5) is 0 Å². The maximum atomic E-state index is 12.9. The molecule has 0 radical (unpaired) electrons. The van der Waals surface area contributed by atoms with E-state index in [0.29, 0.717) is 25.5 Å². The number of furan rings is 1. The van der Waals surface area contributed by atoms with Crippen molar-refractivity contribution in [2.24, 2.45) is 0 Å². The molecule has 2 heterocycles. The van der Waals surface area contributed by atoms with E-state index < -0.39 is 10.0 Å². The van der Waals surface area contributed by atoms with Gasteiger partial charge in [-0.25, -0.2) is 13.1 Å². The van der Waals surface area contributed by atoms with Gasteiger partial charge < -0.3 is 14.1 Å². The Bertz CT molecular complexity index is 925. The smallest absolute Gasteiger partial charge is 0.255 e. The summed E-state index contributed by atoms with van der Waals surface area (Å²) in [6, 6.07) is 7.72. The summed E-state index contributed by atoms with van der Waals surface area (Å²) >= 11 is 6.15. The highest BCUT2D eigenvalue weighted by molar-refractivity contribution is 7.89. The molecule has 2 aromatic rings. The topological polar surface area (TPSA) is 88.9 Å². The Kier molecular flexibility index (Phi) is 5.38. The second-order valence-electron chi connectivity index (χ2n) is 5.91. The number of ether oxygens (including phenoxy) is 1. The molecule has 9 heteroatoms. The number of carbonyl (C=O) groups excluding carboxylic acids is 1. The fraction of sp³-hybridized carbons (Fsp3) is 0.353. The molecule has 1 amide bonds. The van der Waals surface area contributed by atoms with Gasteiger partial charge in [0.2, 0.25) is 10.0 Å². The van der Waals surface area contributed by atoms with Crippen molar-refractivity contribution in [3.05, 3.63) is 52.4 Å². The third kappa shape index (κ3) is 3.78. The predicted molar refractivity (Wildman–Crippen MR) is 95.7 cm³/mol. The van der Waals surface area contributed by atoms with Gasteiger partial charge in [0, 0.05) is 6.54 Å². The minimum absolute atomic E-state index is 0.0146. The highest BCUT2D eigenvalue weighted by Gasteiger charge is 2.29. The van der Waals surface area contributed by atoms with Crippen molar-refractivity contribution in [3.8, 4) is 0 Å².